The average Bonchev–Trinajstić information content (AvgIpc) is 2.60. The van der Waals surface area contributed by atoms with E-state index in [9.17, 15) is 13.6 Å². The summed E-state index contributed by atoms with van der Waals surface area (Å²) in [5.41, 5.74) is 1.60. The van der Waals surface area contributed by atoms with Crippen molar-refractivity contribution in [3.63, 3.8) is 0 Å². The van der Waals surface area contributed by atoms with Crippen molar-refractivity contribution in [2.75, 3.05) is 0 Å². The Morgan fingerprint density at radius 2 is 1.92 bits per heavy atom. The minimum Gasteiger partial charge on any atom is -0.457 e. The molecule has 0 amide bonds. The second-order valence-corrected chi connectivity index (χ2v) is 6.21. The highest BCUT2D eigenvalue weighted by atomic mass is 32.1. The molecule has 26 heavy (non-hydrogen) atoms. The van der Waals surface area contributed by atoms with E-state index in [1.54, 1.807) is 6.92 Å². The highest BCUT2D eigenvalue weighted by molar-refractivity contribution is 7.80. The number of nitrogens with one attached hydrogen (secondary N) is 2. The van der Waals surface area contributed by atoms with E-state index in [0.717, 1.165) is 17.7 Å². The normalized spacial score (nSPS) is 16.7. The minimum absolute atomic E-state index is 0.0829. The molecule has 0 aliphatic carbocycles. The molecular weight excluding hydrogens is 358 g/mol. The number of allylic oxidation sites excluding steroid dienone is 1. The van der Waals surface area contributed by atoms with Crippen molar-refractivity contribution in [2.45, 2.75) is 19.6 Å². The lowest BCUT2D eigenvalue weighted by atomic mass is 9.95. The van der Waals surface area contributed by atoms with Crippen molar-refractivity contribution in [3.8, 4) is 0 Å². The lowest BCUT2D eigenvalue weighted by Crippen LogP contribution is -2.45. The van der Waals surface area contributed by atoms with Crippen molar-refractivity contribution in [1.82, 2.24) is 10.6 Å². The fourth-order valence-corrected chi connectivity index (χ4v) is 3.01. The molecule has 0 bridgehead atoms. The van der Waals surface area contributed by atoms with Gasteiger partial charge in [-0.1, -0.05) is 36.4 Å². The third-order valence-electron chi connectivity index (χ3n) is 3.98. The number of hydrogen-bond donors (Lipinski definition) is 2. The molecule has 134 valence electrons. The Balaban J connectivity index is 1.89. The molecule has 0 radical (unpaired) electrons. The Morgan fingerprint density at radius 3 is 2.62 bits per heavy atom. The Labute approximate surface area is 154 Å². The molecule has 2 aromatic rings. The van der Waals surface area contributed by atoms with Crippen LogP contribution in [0.2, 0.25) is 0 Å². The lowest BCUT2D eigenvalue weighted by molar-refractivity contribution is -0.140. The van der Waals surface area contributed by atoms with Crippen molar-refractivity contribution in [2.24, 2.45) is 0 Å². The average molecular weight is 374 g/mol. The van der Waals surface area contributed by atoms with Gasteiger partial charge in [0.05, 0.1) is 11.6 Å². The van der Waals surface area contributed by atoms with E-state index in [-0.39, 0.29) is 22.9 Å². The van der Waals surface area contributed by atoms with Gasteiger partial charge in [-0.25, -0.2) is 13.6 Å². The molecule has 0 fully saturated rings. The summed E-state index contributed by atoms with van der Waals surface area (Å²) in [6.07, 6.45) is 0. The van der Waals surface area contributed by atoms with E-state index >= 15 is 0 Å². The van der Waals surface area contributed by atoms with Crippen LogP contribution in [0.5, 0.6) is 0 Å². The summed E-state index contributed by atoms with van der Waals surface area (Å²) < 4.78 is 32.9. The quantitative estimate of drug-likeness (QED) is 0.634. The van der Waals surface area contributed by atoms with Crippen LogP contribution in [0.1, 0.15) is 24.1 Å². The molecule has 0 aromatic heterocycles. The molecule has 2 aromatic carbocycles. The number of hydrogen-bond acceptors (Lipinski definition) is 3. The third kappa shape index (κ3) is 3.88. The van der Waals surface area contributed by atoms with Crippen LogP contribution >= 0.6 is 12.2 Å². The number of carbonyl (C=O) groups excluding carboxylic acids is 1. The van der Waals surface area contributed by atoms with Crippen LogP contribution in [-0.2, 0) is 16.1 Å². The van der Waals surface area contributed by atoms with Crippen LogP contribution in [-0.4, -0.2) is 11.1 Å². The van der Waals surface area contributed by atoms with Crippen LogP contribution in [0, 0.1) is 11.6 Å². The summed E-state index contributed by atoms with van der Waals surface area (Å²) >= 11 is 5.10. The van der Waals surface area contributed by atoms with Crippen LogP contribution in [0.25, 0.3) is 0 Å². The maximum absolute atomic E-state index is 14.3. The second kappa shape index (κ2) is 7.61. The maximum Gasteiger partial charge on any atom is 0.338 e. The molecule has 0 unspecified atom stereocenters. The Kier molecular flexibility index (Phi) is 5.27. The number of rotatable bonds is 4. The van der Waals surface area contributed by atoms with Gasteiger partial charge in [0.15, 0.2) is 5.11 Å². The number of carbonyl (C=O) groups is 1. The fraction of sp³-hybridized carbons (Fsp3) is 0.158. The Morgan fingerprint density at radius 1 is 1.19 bits per heavy atom. The monoisotopic (exact) mass is 374 g/mol. The number of benzene rings is 2. The first-order chi connectivity index (χ1) is 12.5. The number of thiocarbonyl (C=S) groups is 1. The molecular formula is C19H16F2N2O2S. The van der Waals surface area contributed by atoms with E-state index in [4.69, 9.17) is 17.0 Å². The molecule has 1 atom stereocenters. The first-order valence-corrected chi connectivity index (χ1v) is 8.31. The topological polar surface area (TPSA) is 50.4 Å². The number of ether oxygens (including phenoxy) is 1. The van der Waals surface area contributed by atoms with Gasteiger partial charge in [0, 0.05) is 17.3 Å². The first kappa shape index (κ1) is 18.0. The van der Waals surface area contributed by atoms with Crippen LogP contribution in [0.4, 0.5) is 8.78 Å². The first-order valence-electron chi connectivity index (χ1n) is 7.90. The minimum atomic E-state index is -0.868. The molecule has 0 saturated carbocycles. The van der Waals surface area contributed by atoms with Gasteiger partial charge in [0.2, 0.25) is 0 Å². The molecule has 1 aliphatic heterocycles. The Hall–Kier alpha value is -2.80. The molecule has 3 rings (SSSR count). The van der Waals surface area contributed by atoms with Gasteiger partial charge in [-0.3, -0.25) is 0 Å². The van der Waals surface area contributed by atoms with E-state index in [1.165, 1.54) is 6.07 Å². The van der Waals surface area contributed by atoms with Gasteiger partial charge in [-0.15, -0.1) is 0 Å². The molecule has 2 N–H and O–H groups in total. The molecule has 1 heterocycles. The second-order valence-electron chi connectivity index (χ2n) is 5.80. The largest absolute Gasteiger partial charge is 0.457 e. The fourth-order valence-electron chi connectivity index (χ4n) is 2.73. The van der Waals surface area contributed by atoms with Crippen molar-refractivity contribution >= 4 is 23.3 Å². The van der Waals surface area contributed by atoms with Crippen LogP contribution in [0.15, 0.2) is 59.8 Å². The van der Waals surface area contributed by atoms with E-state index in [1.807, 2.05) is 30.3 Å². The van der Waals surface area contributed by atoms with E-state index in [2.05, 4.69) is 10.6 Å². The van der Waals surface area contributed by atoms with Crippen LogP contribution < -0.4 is 10.6 Å². The third-order valence-corrected chi connectivity index (χ3v) is 4.20. The zero-order chi connectivity index (χ0) is 18.7. The van der Waals surface area contributed by atoms with Gasteiger partial charge < -0.3 is 15.4 Å². The SMILES string of the molecule is CC1=C(C(=O)OCc2ccccc2)[C@@H](c2ccc(F)cc2F)NC(=S)N1. The lowest BCUT2D eigenvalue weighted by Gasteiger charge is -2.30. The molecule has 0 saturated heterocycles. The standard InChI is InChI=1S/C19H16F2N2O2S/c1-11-16(18(24)25-10-12-5-3-2-4-6-12)17(23-19(26)22-11)14-8-7-13(20)9-15(14)21/h2-9,17H,10H2,1H3,(H2,22,23,26)/t17-/m1/s1. The van der Waals surface area contributed by atoms with Gasteiger partial charge >= 0.3 is 5.97 Å². The van der Waals surface area contributed by atoms with Crippen molar-refractivity contribution < 1.29 is 18.3 Å². The summed E-state index contributed by atoms with van der Waals surface area (Å²) in [6.45, 7) is 1.74. The van der Waals surface area contributed by atoms with Gasteiger partial charge in [-0.2, -0.15) is 0 Å². The van der Waals surface area contributed by atoms with Crippen molar-refractivity contribution in [1.29, 1.82) is 0 Å². The summed E-state index contributed by atoms with van der Waals surface area (Å²) in [4.78, 5) is 12.7. The summed E-state index contributed by atoms with van der Waals surface area (Å²) in [5, 5.41) is 5.94. The predicted octanol–water partition coefficient (Wildman–Crippen LogP) is 3.50. The predicted molar refractivity (Wildman–Crippen MR) is 96.9 cm³/mol. The number of esters is 1. The molecule has 0 spiro atoms. The smallest absolute Gasteiger partial charge is 0.338 e. The zero-order valence-electron chi connectivity index (χ0n) is 13.9. The summed E-state index contributed by atoms with van der Waals surface area (Å²) in [7, 11) is 0. The Bertz CT molecular complexity index is 884. The molecule has 7 heteroatoms. The highest BCUT2D eigenvalue weighted by Gasteiger charge is 2.32. The summed E-state index contributed by atoms with van der Waals surface area (Å²) in [5.74, 6) is -2.08. The van der Waals surface area contributed by atoms with E-state index < -0.39 is 23.6 Å². The van der Waals surface area contributed by atoms with E-state index in [0.29, 0.717) is 5.70 Å². The van der Waals surface area contributed by atoms with Crippen molar-refractivity contribution in [3.05, 3.63) is 82.6 Å². The van der Waals surface area contributed by atoms with Gasteiger partial charge in [0.25, 0.3) is 0 Å². The summed E-state index contributed by atoms with van der Waals surface area (Å²) in [6, 6.07) is 11.5. The highest BCUT2D eigenvalue weighted by Crippen LogP contribution is 2.30. The molecule has 4 nitrogen and oxygen atoms in total. The van der Waals surface area contributed by atoms with Crippen LogP contribution in [0.3, 0.4) is 0 Å². The maximum atomic E-state index is 14.3. The number of halogens is 2. The zero-order valence-corrected chi connectivity index (χ0v) is 14.7. The van der Waals surface area contributed by atoms with Gasteiger partial charge in [0.1, 0.15) is 18.2 Å². The molecule has 1 aliphatic rings. The van der Waals surface area contributed by atoms with Gasteiger partial charge in [-0.05, 0) is 30.8 Å².